The maximum Gasteiger partial charge on any atom is 0.158 e. The summed E-state index contributed by atoms with van der Waals surface area (Å²) in [7, 11) is 0. The first-order valence-electron chi connectivity index (χ1n) is 13.6. The molecule has 0 spiro atoms. The van der Waals surface area contributed by atoms with Crippen LogP contribution in [0, 0.1) is 35.5 Å². The lowest BCUT2D eigenvalue weighted by molar-refractivity contribution is -0.193. The molecule has 0 radical (unpaired) electrons. The molecule has 8 atom stereocenters. The predicted octanol–water partition coefficient (Wildman–Crippen LogP) is 5.38. The fraction of sp³-hybridized carbons (Fsp3) is 0.793. The minimum Gasteiger partial charge on any atom is -0.392 e. The largest absolute Gasteiger partial charge is 0.392 e. The molecule has 2 aliphatic heterocycles. The van der Waals surface area contributed by atoms with E-state index in [2.05, 4.69) is 30.9 Å². The smallest absolute Gasteiger partial charge is 0.158 e. The lowest BCUT2D eigenvalue weighted by Gasteiger charge is -2.31. The fourth-order valence-corrected chi connectivity index (χ4v) is 6.18. The van der Waals surface area contributed by atoms with E-state index in [0.717, 1.165) is 71.0 Å². The number of aliphatic hydroxyl groups excluding tert-OH is 1. The minimum absolute atomic E-state index is 0.0246. The highest BCUT2D eigenvalue weighted by Gasteiger charge is 2.47. The first-order chi connectivity index (χ1) is 16.7. The zero-order valence-electron chi connectivity index (χ0n) is 21.1. The van der Waals surface area contributed by atoms with Crippen molar-refractivity contribution in [3.63, 3.8) is 0 Å². The fourth-order valence-electron chi connectivity index (χ4n) is 6.18. The minimum atomic E-state index is -0.120. The van der Waals surface area contributed by atoms with Crippen molar-refractivity contribution in [1.82, 2.24) is 0 Å². The van der Waals surface area contributed by atoms with Gasteiger partial charge in [0.15, 0.2) is 12.6 Å². The zero-order valence-corrected chi connectivity index (χ0v) is 21.1. The van der Waals surface area contributed by atoms with E-state index in [4.69, 9.17) is 18.9 Å². The van der Waals surface area contributed by atoms with Gasteiger partial charge in [-0.15, -0.1) is 11.8 Å². The van der Waals surface area contributed by atoms with Gasteiger partial charge in [-0.2, -0.15) is 0 Å². The molecule has 2 saturated carbocycles. The lowest BCUT2D eigenvalue weighted by atomic mass is 9.89. The van der Waals surface area contributed by atoms with Crippen molar-refractivity contribution >= 4 is 0 Å². The molecule has 0 aromatic carbocycles. The van der Waals surface area contributed by atoms with Crippen LogP contribution in [0.2, 0.25) is 0 Å². The molecule has 1 N–H and O–H groups in total. The third kappa shape index (κ3) is 6.95. The second kappa shape index (κ2) is 13.2. The van der Waals surface area contributed by atoms with E-state index >= 15 is 0 Å². The molecule has 2 saturated heterocycles. The van der Waals surface area contributed by atoms with Crippen LogP contribution in [0.25, 0.3) is 0 Å². The standard InChI is InChI=1S/C29H44O5/c1-3-4-9-21(2)26(33-28-10-5-7-16-31-28)13-12-24-25-19-22(14-15-30)18-23(25)20-27(24)34-29-11-6-8-17-32-29/h12-14,21,23-30H,5-11,15-20H2,1-2H3/b13-12+,22-14?/t21-,23-,24+,25-,26+,27+,28?,29?/m0/s1. The summed E-state index contributed by atoms with van der Waals surface area (Å²) >= 11 is 0. The van der Waals surface area contributed by atoms with Crippen molar-refractivity contribution in [3.8, 4) is 11.8 Å². The molecule has 0 aromatic heterocycles. The second-order valence-corrected chi connectivity index (χ2v) is 10.6. The number of ether oxygens (including phenoxy) is 4. The van der Waals surface area contributed by atoms with E-state index < -0.39 is 0 Å². The Labute approximate surface area is 206 Å². The molecule has 4 rings (SSSR count). The molecule has 0 bridgehead atoms. The van der Waals surface area contributed by atoms with Crippen LogP contribution in [0.3, 0.4) is 0 Å². The molecule has 4 aliphatic rings. The monoisotopic (exact) mass is 472 g/mol. The molecule has 0 amide bonds. The first kappa shape index (κ1) is 25.9. The molecule has 0 aromatic rings. The van der Waals surface area contributed by atoms with Crippen LogP contribution in [0.5, 0.6) is 0 Å². The number of rotatable bonds is 9. The Hall–Kier alpha value is -1.16. The number of aliphatic hydroxyl groups is 1. The zero-order chi connectivity index (χ0) is 23.8. The van der Waals surface area contributed by atoms with Crippen molar-refractivity contribution in [2.75, 3.05) is 19.8 Å². The van der Waals surface area contributed by atoms with Gasteiger partial charge in [-0.05, 0) is 82.5 Å². The first-order valence-corrected chi connectivity index (χ1v) is 13.6. The molecule has 190 valence electrons. The number of fused-ring (bicyclic) bond motifs is 1. The number of allylic oxidation sites excluding steroid dienone is 1. The van der Waals surface area contributed by atoms with Gasteiger partial charge in [0, 0.05) is 25.6 Å². The second-order valence-electron chi connectivity index (χ2n) is 10.6. The summed E-state index contributed by atoms with van der Waals surface area (Å²) in [5, 5.41) is 9.42. The summed E-state index contributed by atoms with van der Waals surface area (Å²) in [5.41, 5.74) is 1.40. The lowest BCUT2D eigenvalue weighted by Crippen LogP contribution is -2.32. The Morgan fingerprint density at radius 2 is 1.85 bits per heavy atom. The van der Waals surface area contributed by atoms with Gasteiger partial charge >= 0.3 is 0 Å². The van der Waals surface area contributed by atoms with Crippen molar-refractivity contribution in [2.45, 2.75) is 103 Å². The van der Waals surface area contributed by atoms with Crippen LogP contribution in [-0.2, 0) is 18.9 Å². The topological polar surface area (TPSA) is 57.2 Å². The maximum absolute atomic E-state index is 9.42. The third-order valence-corrected chi connectivity index (χ3v) is 8.06. The van der Waals surface area contributed by atoms with Gasteiger partial charge in [-0.1, -0.05) is 30.7 Å². The van der Waals surface area contributed by atoms with Crippen LogP contribution in [0.1, 0.15) is 78.1 Å². The normalized spacial score (nSPS) is 36.9. The summed E-state index contributed by atoms with van der Waals surface area (Å²) in [6, 6.07) is 0. The number of hydrogen-bond donors (Lipinski definition) is 1. The summed E-state index contributed by atoms with van der Waals surface area (Å²) < 4.78 is 24.9. The van der Waals surface area contributed by atoms with Gasteiger partial charge in [-0.3, -0.25) is 0 Å². The van der Waals surface area contributed by atoms with Gasteiger partial charge < -0.3 is 24.1 Å². The van der Waals surface area contributed by atoms with E-state index in [1.165, 1.54) is 12.0 Å². The van der Waals surface area contributed by atoms with Crippen molar-refractivity contribution in [2.24, 2.45) is 23.7 Å². The maximum atomic E-state index is 9.42. The molecule has 4 fully saturated rings. The molecule has 2 unspecified atom stereocenters. The van der Waals surface area contributed by atoms with Gasteiger partial charge in [0.1, 0.15) is 0 Å². The van der Waals surface area contributed by atoms with Crippen LogP contribution in [0.4, 0.5) is 0 Å². The van der Waals surface area contributed by atoms with Gasteiger partial charge in [0.05, 0.1) is 18.8 Å². The Balaban J connectivity index is 1.49. The van der Waals surface area contributed by atoms with Crippen LogP contribution in [0.15, 0.2) is 23.8 Å². The highest BCUT2D eigenvalue weighted by atomic mass is 16.7. The highest BCUT2D eigenvalue weighted by Crippen LogP contribution is 2.51. The van der Waals surface area contributed by atoms with E-state index in [1.807, 2.05) is 13.0 Å². The van der Waals surface area contributed by atoms with E-state index in [1.54, 1.807) is 0 Å². The molecule has 2 aliphatic carbocycles. The average molecular weight is 473 g/mol. The SMILES string of the molecule is CC#CC[C@H](C)[C@@H](/C=C/[C@@H]1[C@H]2CC(=CCO)C[C@H]2C[C@H]1OC1CCCCO1)OC1CCCCO1. The summed E-state index contributed by atoms with van der Waals surface area (Å²) in [6.45, 7) is 5.85. The van der Waals surface area contributed by atoms with Crippen molar-refractivity contribution < 1.29 is 24.1 Å². The van der Waals surface area contributed by atoms with E-state index in [9.17, 15) is 5.11 Å². The van der Waals surface area contributed by atoms with E-state index in [0.29, 0.717) is 23.7 Å². The van der Waals surface area contributed by atoms with Crippen LogP contribution < -0.4 is 0 Å². The Morgan fingerprint density at radius 3 is 2.53 bits per heavy atom. The molecule has 34 heavy (non-hydrogen) atoms. The van der Waals surface area contributed by atoms with Crippen molar-refractivity contribution in [1.29, 1.82) is 0 Å². The summed E-state index contributed by atoms with van der Waals surface area (Å²) in [6.07, 6.45) is 17.2. The van der Waals surface area contributed by atoms with Crippen LogP contribution in [-0.4, -0.2) is 49.7 Å². The quantitative estimate of drug-likeness (QED) is 0.361. The Kier molecular flexibility index (Phi) is 10.1. The predicted molar refractivity (Wildman–Crippen MR) is 133 cm³/mol. The summed E-state index contributed by atoms with van der Waals surface area (Å²) in [4.78, 5) is 0. The Morgan fingerprint density at radius 1 is 1.09 bits per heavy atom. The molecule has 5 nitrogen and oxygen atoms in total. The number of hydrogen-bond acceptors (Lipinski definition) is 5. The molecular weight excluding hydrogens is 428 g/mol. The van der Waals surface area contributed by atoms with Gasteiger partial charge in [0.25, 0.3) is 0 Å². The molecular formula is C29H44O5. The Bertz CT molecular complexity index is 737. The summed E-state index contributed by atoms with van der Waals surface area (Å²) in [5.74, 6) is 8.07. The van der Waals surface area contributed by atoms with Crippen LogP contribution >= 0.6 is 0 Å². The molecule has 5 heteroatoms. The van der Waals surface area contributed by atoms with E-state index in [-0.39, 0.29) is 31.4 Å². The highest BCUT2D eigenvalue weighted by molar-refractivity contribution is 5.18. The average Bonchev–Trinajstić information content (AvgIpc) is 3.38. The van der Waals surface area contributed by atoms with Gasteiger partial charge in [0.2, 0.25) is 0 Å². The van der Waals surface area contributed by atoms with Gasteiger partial charge in [-0.25, -0.2) is 0 Å². The van der Waals surface area contributed by atoms with Crippen molar-refractivity contribution in [3.05, 3.63) is 23.8 Å². The third-order valence-electron chi connectivity index (χ3n) is 8.06. The molecule has 2 heterocycles.